The minimum atomic E-state index is -0.163. The zero-order valence-electron chi connectivity index (χ0n) is 12.2. The van der Waals surface area contributed by atoms with Crippen LogP contribution in [0.15, 0.2) is 30.6 Å². The van der Waals surface area contributed by atoms with Gasteiger partial charge in [0.1, 0.15) is 5.65 Å². The Labute approximate surface area is 123 Å². The number of aromatic nitrogens is 2. The van der Waals surface area contributed by atoms with Gasteiger partial charge >= 0.3 is 5.97 Å². The number of hydrogen-bond acceptors (Lipinski definition) is 5. The summed E-state index contributed by atoms with van der Waals surface area (Å²) in [5.41, 5.74) is 2.07. The highest BCUT2D eigenvalue weighted by atomic mass is 16.5. The van der Waals surface area contributed by atoms with Crippen LogP contribution in [0, 0.1) is 0 Å². The highest BCUT2D eigenvalue weighted by molar-refractivity contribution is 5.71. The fourth-order valence-electron chi connectivity index (χ4n) is 2.65. The van der Waals surface area contributed by atoms with Gasteiger partial charge in [0.2, 0.25) is 0 Å². The molecule has 6 heteroatoms. The molecule has 0 amide bonds. The molecule has 0 unspecified atom stereocenters. The van der Waals surface area contributed by atoms with E-state index >= 15 is 0 Å². The Bertz CT molecular complexity index is 584. The first-order valence-electron chi connectivity index (χ1n) is 7.19. The largest absolute Gasteiger partial charge is 0.468 e. The van der Waals surface area contributed by atoms with Crippen LogP contribution in [-0.4, -0.2) is 65.0 Å². The summed E-state index contributed by atoms with van der Waals surface area (Å²) in [6, 6.07) is 6.01. The Kier molecular flexibility index (Phi) is 4.17. The molecule has 21 heavy (non-hydrogen) atoms. The van der Waals surface area contributed by atoms with E-state index in [0.29, 0.717) is 6.54 Å². The Hall–Kier alpha value is -1.92. The minimum absolute atomic E-state index is 0.163. The van der Waals surface area contributed by atoms with Crippen LogP contribution in [0.25, 0.3) is 5.65 Å². The molecule has 6 nitrogen and oxygen atoms in total. The molecule has 1 aliphatic heterocycles. The third kappa shape index (κ3) is 3.40. The summed E-state index contributed by atoms with van der Waals surface area (Å²) < 4.78 is 6.75. The summed E-state index contributed by atoms with van der Waals surface area (Å²) in [5, 5.41) is 0. The molecule has 0 atom stereocenters. The van der Waals surface area contributed by atoms with E-state index in [9.17, 15) is 4.79 Å². The van der Waals surface area contributed by atoms with Gasteiger partial charge < -0.3 is 9.14 Å². The maximum atomic E-state index is 11.3. The Morgan fingerprint density at radius 2 is 2.00 bits per heavy atom. The molecule has 1 saturated heterocycles. The van der Waals surface area contributed by atoms with Crippen LogP contribution in [0.5, 0.6) is 0 Å². The van der Waals surface area contributed by atoms with Crippen molar-refractivity contribution >= 4 is 11.6 Å². The smallest absolute Gasteiger partial charge is 0.319 e. The molecule has 0 radical (unpaired) electrons. The number of pyridine rings is 1. The van der Waals surface area contributed by atoms with E-state index in [1.807, 2.05) is 28.8 Å². The maximum Gasteiger partial charge on any atom is 0.319 e. The number of fused-ring (bicyclic) bond motifs is 1. The summed E-state index contributed by atoms with van der Waals surface area (Å²) >= 11 is 0. The van der Waals surface area contributed by atoms with Gasteiger partial charge in [-0.05, 0) is 12.1 Å². The number of methoxy groups -OCH3 is 1. The maximum absolute atomic E-state index is 11.3. The van der Waals surface area contributed by atoms with E-state index in [0.717, 1.165) is 44.1 Å². The molecule has 112 valence electrons. The van der Waals surface area contributed by atoms with Crippen molar-refractivity contribution in [2.24, 2.45) is 0 Å². The molecule has 2 aromatic rings. The molecule has 0 N–H and O–H groups in total. The quantitative estimate of drug-likeness (QED) is 0.772. The lowest BCUT2D eigenvalue weighted by atomic mass is 10.3. The first kappa shape index (κ1) is 14.0. The van der Waals surface area contributed by atoms with Crippen LogP contribution in [0.3, 0.4) is 0 Å². The monoisotopic (exact) mass is 288 g/mol. The Morgan fingerprint density at radius 1 is 1.24 bits per heavy atom. The number of hydrogen-bond donors (Lipinski definition) is 0. The van der Waals surface area contributed by atoms with Gasteiger partial charge in [0.15, 0.2) is 0 Å². The molecule has 0 aliphatic carbocycles. The molecule has 0 spiro atoms. The SMILES string of the molecule is COC(=O)CN1CCN(Cc2cn3ccccc3n2)CC1. The van der Waals surface area contributed by atoms with Gasteiger partial charge in [-0.2, -0.15) is 0 Å². The van der Waals surface area contributed by atoms with Crippen molar-refractivity contribution in [3.05, 3.63) is 36.3 Å². The highest BCUT2D eigenvalue weighted by Gasteiger charge is 2.19. The van der Waals surface area contributed by atoms with Gasteiger partial charge in [0.05, 0.1) is 19.3 Å². The molecule has 1 aliphatic rings. The van der Waals surface area contributed by atoms with Crippen LogP contribution in [-0.2, 0) is 16.1 Å². The van der Waals surface area contributed by atoms with E-state index in [1.54, 1.807) is 0 Å². The summed E-state index contributed by atoms with van der Waals surface area (Å²) in [7, 11) is 1.43. The Balaban J connectivity index is 1.54. The van der Waals surface area contributed by atoms with Gasteiger partial charge in [-0.25, -0.2) is 4.98 Å². The average Bonchev–Trinajstić information content (AvgIpc) is 2.91. The van der Waals surface area contributed by atoms with Crippen molar-refractivity contribution in [2.75, 3.05) is 39.8 Å². The molecule has 1 fully saturated rings. The number of esters is 1. The van der Waals surface area contributed by atoms with E-state index in [4.69, 9.17) is 4.74 Å². The number of nitrogens with zero attached hydrogens (tertiary/aromatic N) is 4. The van der Waals surface area contributed by atoms with Crippen LogP contribution in [0.1, 0.15) is 5.69 Å². The van der Waals surface area contributed by atoms with Gasteiger partial charge in [0.25, 0.3) is 0 Å². The summed E-state index contributed by atoms with van der Waals surface area (Å²) in [6.45, 7) is 4.92. The van der Waals surface area contributed by atoms with Crippen LogP contribution in [0.4, 0.5) is 0 Å². The molecule has 0 bridgehead atoms. The first-order valence-corrected chi connectivity index (χ1v) is 7.19. The number of imidazole rings is 1. The predicted octanol–water partition coefficient (Wildman–Crippen LogP) is 0.625. The number of carbonyl (C=O) groups excluding carboxylic acids is 1. The molecule has 0 saturated carbocycles. The van der Waals surface area contributed by atoms with Gasteiger partial charge in [-0.3, -0.25) is 14.6 Å². The lowest BCUT2D eigenvalue weighted by Crippen LogP contribution is -2.47. The molecule has 2 aromatic heterocycles. The van der Waals surface area contributed by atoms with Crippen LogP contribution in [0.2, 0.25) is 0 Å². The van der Waals surface area contributed by atoms with Crippen molar-refractivity contribution in [3.8, 4) is 0 Å². The minimum Gasteiger partial charge on any atom is -0.468 e. The van der Waals surface area contributed by atoms with Crippen molar-refractivity contribution in [3.63, 3.8) is 0 Å². The fourth-order valence-corrected chi connectivity index (χ4v) is 2.65. The molecule has 0 aromatic carbocycles. The van der Waals surface area contributed by atoms with Crippen LogP contribution >= 0.6 is 0 Å². The highest BCUT2D eigenvalue weighted by Crippen LogP contribution is 2.10. The second-order valence-electron chi connectivity index (χ2n) is 5.33. The predicted molar refractivity (Wildman–Crippen MR) is 78.9 cm³/mol. The topological polar surface area (TPSA) is 50.1 Å². The van der Waals surface area contributed by atoms with Crippen molar-refractivity contribution < 1.29 is 9.53 Å². The second kappa shape index (κ2) is 6.24. The lowest BCUT2D eigenvalue weighted by Gasteiger charge is -2.33. The molecule has 3 rings (SSSR count). The summed E-state index contributed by atoms with van der Waals surface area (Å²) in [5.74, 6) is -0.163. The van der Waals surface area contributed by atoms with Gasteiger partial charge in [-0.1, -0.05) is 6.07 Å². The normalized spacial score (nSPS) is 17.2. The van der Waals surface area contributed by atoms with Crippen LogP contribution < -0.4 is 0 Å². The first-order chi connectivity index (χ1) is 10.2. The number of carbonyl (C=O) groups is 1. The summed E-state index contributed by atoms with van der Waals surface area (Å²) in [4.78, 5) is 20.4. The zero-order valence-corrected chi connectivity index (χ0v) is 12.2. The molecule has 3 heterocycles. The zero-order chi connectivity index (χ0) is 14.7. The van der Waals surface area contributed by atoms with Crippen molar-refractivity contribution in [1.82, 2.24) is 19.2 Å². The third-order valence-electron chi connectivity index (χ3n) is 3.84. The summed E-state index contributed by atoms with van der Waals surface area (Å²) in [6.07, 6.45) is 4.09. The standard InChI is InChI=1S/C15H20N4O2/c1-21-15(20)12-18-8-6-17(7-9-18)10-13-11-19-5-3-2-4-14(19)16-13/h2-5,11H,6-10,12H2,1H3. The van der Waals surface area contributed by atoms with E-state index in [1.165, 1.54) is 7.11 Å². The van der Waals surface area contributed by atoms with E-state index in [-0.39, 0.29) is 5.97 Å². The fraction of sp³-hybridized carbons (Fsp3) is 0.467. The van der Waals surface area contributed by atoms with Gasteiger partial charge in [0, 0.05) is 45.1 Å². The van der Waals surface area contributed by atoms with Gasteiger partial charge in [-0.15, -0.1) is 0 Å². The van der Waals surface area contributed by atoms with E-state index < -0.39 is 0 Å². The van der Waals surface area contributed by atoms with Crippen molar-refractivity contribution in [1.29, 1.82) is 0 Å². The number of piperazine rings is 1. The molecular weight excluding hydrogens is 268 g/mol. The lowest BCUT2D eigenvalue weighted by molar-refractivity contribution is -0.142. The number of ether oxygens (including phenoxy) is 1. The van der Waals surface area contributed by atoms with E-state index in [2.05, 4.69) is 21.0 Å². The molecular formula is C15H20N4O2. The number of rotatable bonds is 4. The second-order valence-corrected chi connectivity index (χ2v) is 5.33. The van der Waals surface area contributed by atoms with Crippen molar-refractivity contribution in [2.45, 2.75) is 6.54 Å². The average molecular weight is 288 g/mol. The Morgan fingerprint density at radius 3 is 2.71 bits per heavy atom. The third-order valence-corrected chi connectivity index (χ3v) is 3.84.